The highest BCUT2D eigenvalue weighted by molar-refractivity contribution is 8.01. The number of rotatable bonds is 3. The molecule has 1 amide bonds. The lowest BCUT2D eigenvalue weighted by atomic mass is 10.0. The summed E-state index contributed by atoms with van der Waals surface area (Å²) in [5.74, 6) is 0.717. The van der Waals surface area contributed by atoms with Crippen LogP contribution in [0.25, 0.3) is 0 Å². The first-order valence-corrected chi connectivity index (χ1v) is 7.69. The lowest BCUT2D eigenvalue weighted by Gasteiger charge is -2.33. The molecule has 1 aliphatic heterocycles. The number of hydrogen-bond acceptors (Lipinski definition) is 5. The van der Waals surface area contributed by atoms with Crippen LogP contribution in [0.1, 0.15) is 31.2 Å². The van der Waals surface area contributed by atoms with Gasteiger partial charge >= 0.3 is 0 Å². The Morgan fingerprint density at radius 3 is 3.00 bits per heavy atom. The van der Waals surface area contributed by atoms with Crippen molar-refractivity contribution >= 4 is 29.0 Å². The summed E-state index contributed by atoms with van der Waals surface area (Å²) in [7, 11) is 0. The van der Waals surface area contributed by atoms with Gasteiger partial charge in [-0.25, -0.2) is 0 Å². The molecule has 94 valence electrons. The minimum atomic E-state index is 0.232. The third-order valence-electron chi connectivity index (χ3n) is 2.95. The number of nitrogens with zero attached hydrogens (tertiary/aromatic N) is 3. The number of aromatic nitrogens is 2. The molecule has 4 nitrogen and oxygen atoms in total. The maximum atomic E-state index is 12.1. The van der Waals surface area contributed by atoms with Gasteiger partial charge in [0, 0.05) is 12.6 Å². The van der Waals surface area contributed by atoms with Crippen LogP contribution in [0.2, 0.25) is 0 Å². The fourth-order valence-electron chi connectivity index (χ4n) is 2.01. The molecule has 0 aromatic carbocycles. The van der Waals surface area contributed by atoms with E-state index in [1.807, 2.05) is 11.8 Å². The van der Waals surface area contributed by atoms with Crippen LogP contribution in [-0.2, 0) is 4.79 Å². The zero-order valence-corrected chi connectivity index (χ0v) is 11.8. The van der Waals surface area contributed by atoms with Crippen LogP contribution in [0.4, 0.5) is 0 Å². The van der Waals surface area contributed by atoms with Gasteiger partial charge in [-0.1, -0.05) is 23.1 Å². The van der Waals surface area contributed by atoms with Gasteiger partial charge in [0.15, 0.2) is 4.34 Å². The largest absolute Gasteiger partial charge is 0.339 e. The number of amides is 1. The lowest BCUT2D eigenvalue weighted by molar-refractivity contribution is -0.131. The minimum absolute atomic E-state index is 0.232. The molecule has 17 heavy (non-hydrogen) atoms. The molecule has 0 spiro atoms. The fraction of sp³-hybridized carbons (Fsp3) is 0.727. The predicted octanol–water partition coefficient (Wildman–Crippen LogP) is 2.34. The summed E-state index contributed by atoms with van der Waals surface area (Å²) in [6, 6.07) is 0.396. The molecular formula is C11H17N3OS2. The third-order valence-corrected chi connectivity index (χ3v) is 4.91. The summed E-state index contributed by atoms with van der Waals surface area (Å²) in [5.41, 5.74) is 0. The Balaban J connectivity index is 1.84. The summed E-state index contributed by atoms with van der Waals surface area (Å²) in [5, 5.41) is 8.91. The van der Waals surface area contributed by atoms with Gasteiger partial charge < -0.3 is 4.90 Å². The number of piperidine rings is 1. The van der Waals surface area contributed by atoms with Crippen molar-refractivity contribution in [1.29, 1.82) is 0 Å². The molecule has 0 radical (unpaired) electrons. The van der Waals surface area contributed by atoms with Crippen molar-refractivity contribution in [2.45, 2.75) is 43.5 Å². The van der Waals surface area contributed by atoms with Crippen LogP contribution in [0.15, 0.2) is 4.34 Å². The van der Waals surface area contributed by atoms with Gasteiger partial charge in [0.1, 0.15) is 5.01 Å². The Labute approximate surface area is 110 Å². The van der Waals surface area contributed by atoms with E-state index < -0.39 is 0 Å². The summed E-state index contributed by atoms with van der Waals surface area (Å²) in [6.07, 6.45) is 3.51. The molecule has 1 fully saturated rings. The number of carbonyl (C=O) groups is 1. The van der Waals surface area contributed by atoms with E-state index in [-0.39, 0.29) is 5.91 Å². The average molecular weight is 271 g/mol. The van der Waals surface area contributed by atoms with Crippen molar-refractivity contribution in [3.63, 3.8) is 0 Å². The Hall–Kier alpha value is -0.620. The molecule has 0 N–H and O–H groups in total. The van der Waals surface area contributed by atoms with Gasteiger partial charge in [-0.05, 0) is 33.1 Å². The van der Waals surface area contributed by atoms with Crippen molar-refractivity contribution in [1.82, 2.24) is 15.1 Å². The van der Waals surface area contributed by atoms with Crippen LogP contribution < -0.4 is 0 Å². The lowest BCUT2D eigenvalue weighted by Crippen LogP contribution is -2.42. The molecule has 1 aromatic rings. The van der Waals surface area contributed by atoms with E-state index in [0.717, 1.165) is 28.7 Å². The molecule has 2 rings (SSSR count). The molecule has 0 aliphatic carbocycles. The van der Waals surface area contributed by atoms with Gasteiger partial charge in [0.05, 0.1) is 5.75 Å². The van der Waals surface area contributed by atoms with Crippen molar-refractivity contribution < 1.29 is 4.79 Å². The molecule has 0 saturated carbocycles. The fourth-order valence-corrected chi connectivity index (χ4v) is 3.71. The van der Waals surface area contributed by atoms with E-state index in [9.17, 15) is 4.79 Å². The van der Waals surface area contributed by atoms with Gasteiger partial charge in [-0.3, -0.25) is 4.79 Å². The monoisotopic (exact) mass is 271 g/mol. The molecule has 1 saturated heterocycles. The van der Waals surface area contributed by atoms with Crippen LogP contribution in [0.5, 0.6) is 0 Å². The number of likely N-dealkylation sites (tertiary alicyclic amines) is 1. The van der Waals surface area contributed by atoms with Crippen molar-refractivity contribution in [2.24, 2.45) is 0 Å². The first kappa shape index (κ1) is 12.8. The SMILES string of the molecule is Cc1nnc(SCC(=O)N2CCCCC2C)s1. The number of thioether (sulfide) groups is 1. The van der Waals surface area contributed by atoms with Crippen molar-refractivity contribution in [3.05, 3.63) is 5.01 Å². The van der Waals surface area contributed by atoms with Crippen molar-refractivity contribution in [3.8, 4) is 0 Å². The Morgan fingerprint density at radius 1 is 1.53 bits per heavy atom. The number of hydrogen-bond donors (Lipinski definition) is 0. The van der Waals surface area contributed by atoms with Crippen LogP contribution >= 0.6 is 23.1 Å². The second kappa shape index (κ2) is 5.82. The van der Waals surface area contributed by atoms with E-state index in [1.54, 1.807) is 11.3 Å². The maximum absolute atomic E-state index is 12.1. The molecule has 2 heterocycles. The van der Waals surface area contributed by atoms with E-state index >= 15 is 0 Å². The molecule has 6 heteroatoms. The summed E-state index contributed by atoms with van der Waals surface area (Å²) < 4.78 is 0.889. The van der Waals surface area contributed by atoms with Gasteiger partial charge in [-0.15, -0.1) is 10.2 Å². The summed E-state index contributed by atoms with van der Waals surface area (Å²) >= 11 is 3.05. The van der Waals surface area contributed by atoms with E-state index in [1.165, 1.54) is 18.2 Å². The molecule has 1 unspecified atom stereocenters. The highest BCUT2D eigenvalue weighted by Crippen LogP contribution is 2.23. The van der Waals surface area contributed by atoms with Gasteiger partial charge in [0.25, 0.3) is 0 Å². The van der Waals surface area contributed by atoms with E-state index in [0.29, 0.717) is 11.8 Å². The van der Waals surface area contributed by atoms with E-state index in [4.69, 9.17) is 0 Å². The number of carbonyl (C=O) groups excluding carboxylic acids is 1. The van der Waals surface area contributed by atoms with Gasteiger partial charge in [0.2, 0.25) is 5.91 Å². The topological polar surface area (TPSA) is 46.1 Å². The normalized spacial score (nSPS) is 20.6. The van der Waals surface area contributed by atoms with Gasteiger partial charge in [-0.2, -0.15) is 0 Å². The maximum Gasteiger partial charge on any atom is 0.233 e. The Morgan fingerprint density at radius 2 is 2.35 bits per heavy atom. The third kappa shape index (κ3) is 3.42. The second-order valence-electron chi connectivity index (χ2n) is 4.31. The number of aryl methyl sites for hydroxylation is 1. The predicted molar refractivity (Wildman–Crippen MR) is 70.4 cm³/mol. The van der Waals surface area contributed by atoms with E-state index in [2.05, 4.69) is 17.1 Å². The summed E-state index contributed by atoms with van der Waals surface area (Å²) in [6.45, 7) is 4.97. The molecule has 1 atom stereocenters. The zero-order valence-electron chi connectivity index (χ0n) is 10.2. The minimum Gasteiger partial charge on any atom is -0.339 e. The molecular weight excluding hydrogens is 254 g/mol. The summed E-state index contributed by atoms with van der Waals surface area (Å²) in [4.78, 5) is 14.1. The van der Waals surface area contributed by atoms with Crippen LogP contribution in [0.3, 0.4) is 0 Å². The molecule has 1 aromatic heterocycles. The van der Waals surface area contributed by atoms with Crippen LogP contribution in [-0.4, -0.2) is 39.3 Å². The average Bonchev–Trinajstić information content (AvgIpc) is 2.73. The standard InChI is InChI=1S/C11H17N3OS2/c1-8-5-3-4-6-14(8)10(15)7-16-11-13-12-9(2)17-11/h8H,3-7H2,1-2H3. The second-order valence-corrected chi connectivity index (χ2v) is 6.71. The van der Waals surface area contributed by atoms with Crippen molar-refractivity contribution in [2.75, 3.05) is 12.3 Å². The molecule has 1 aliphatic rings. The van der Waals surface area contributed by atoms with Crippen LogP contribution in [0, 0.1) is 6.92 Å². The highest BCUT2D eigenvalue weighted by atomic mass is 32.2. The first-order valence-electron chi connectivity index (χ1n) is 5.89. The Kier molecular flexibility index (Phi) is 4.39. The zero-order chi connectivity index (χ0) is 12.3. The quantitative estimate of drug-likeness (QED) is 0.792. The first-order chi connectivity index (χ1) is 8.16. The highest BCUT2D eigenvalue weighted by Gasteiger charge is 2.23. The molecule has 0 bridgehead atoms. The smallest absolute Gasteiger partial charge is 0.233 e. The Bertz CT molecular complexity index is 394.